The third-order valence-electron chi connectivity index (χ3n) is 8.64. The summed E-state index contributed by atoms with van der Waals surface area (Å²) in [6.45, 7) is 9.02. The minimum atomic E-state index is -0.531. The standard InChI is InChI=1S/C40H43N3O6S2/c1-6-49-32-18-11-10-15-26(32)21-31(42-36(45)25-13-8-7-9-14-25)37(46)41-28-16-12-17-29(23-28)50-24-34(44)43-38-35(39(47)48-5)30-20-19-27(40(2,3)4)22-33(30)51-38/h7-18,21,23,27H,6,19-20,22,24H2,1-5H3,(H,41,46)(H,42,45)(H,43,44)/b31-21+. The van der Waals surface area contributed by atoms with Crippen LogP contribution in [0.15, 0.2) is 89.5 Å². The number of para-hydroxylation sites is 1. The number of esters is 1. The van der Waals surface area contributed by atoms with Crippen LogP contribution >= 0.6 is 23.1 Å². The number of anilines is 2. The minimum absolute atomic E-state index is 0.0299. The first-order valence-corrected chi connectivity index (χ1v) is 18.6. The van der Waals surface area contributed by atoms with Crippen molar-refractivity contribution in [3.8, 4) is 5.75 Å². The molecule has 5 rings (SSSR count). The number of hydrogen-bond acceptors (Lipinski definition) is 8. The van der Waals surface area contributed by atoms with Gasteiger partial charge < -0.3 is 25.4 Å². The van der Waals surface area contributed by atoms with Crippen molar-refractivity contribution in [2.24, 2.45) is 11.3 Å². The molecule has 1 unspecified atom stereocenters. The van der Waals surface area contributed by atoms with Gasteiger partial charge in [-0.2, -0.15) is 0 Å². The zero-order chi connectivity index (χ0) is 36.5. The first-order chi connectivity index (χ1) is 24.5. The van der Waals surface area contributed by atoms with Crippen LogP contribution in [0.25, 0.3) is 6.08 Å². The van der Waals surface area contributed by atoms with Gasteiger partial charge >= 0.3 is 5.97 Å². The smallest absolute Gasteiger partial charge is 0.341 e. The maximum absolute atomic E-state index is 13.7. The zero-order valence-corrected chi connectivity index (χ0v) is 31.1. The Labute approximate surface area is 307 Å². The van der Waals surface area contributed by atoms with Gasteiger partial charge in [-0.15, -0.1) is 23.1 Å². The number of thioether (sulfide) groups is 1. The SMILES string of the molecule is CCOc1ccccc1/C=C(/NC(=O)c1ccccc1)C(=O)Nc1cccc(SCC(=O)Nc2sc3c(c2C(=O)OC)CCC(C(C)(C)C)C3)c1. The van der Waals surface area contributed by atoms with Gasteiger partial charge in [0.1, 0.15) is 16.4 Å². The Kier molecular flexibility index (Phi) is 12.4. The highest BCUT2D eigenvalue weighted by Gasteiger charge is 2.34. The molecule has 1 atom stereocenters. The Balaban J connectivity index is 1.29. The van der Waals surface area contributed by atoms with E-state index in [0.717, 1.165) is 34.6 Å². The van der Waals surface area contributed by atoms with E-state index in [1.54, 1.807) is 60.7 Å². The number of carbonyl (C=O) groups excluding carboxylic acids is 4. The molecule has 0 aliphatic heterocycles. The van der Waals surface area contributed by atoms with Gasteiger partial charge in [0.15, 0.2) is 0 Å². The van der Waals surface area contributed by atoms with Crippen LogP contribution in [0.2, 0.25) is 0 Å². The second-order valence-electron chi connectivity index (χ2n) is 13.2. The van der Waals surface area contributed by atoms with Crippen molar-refractivity contribution in [1.29, 1.82) is 0 Å². The van der Waals surface area contributed by atoms with Gasteiger partial charge in [-0.05, 0) is 85.6 Å². The molecule has 3 aromatic carbocycles. The molecule has 0 saturated heterocycles. The zero-order valence-electron chi connectivity index (χ0n) is 29.5. The number of carbonyl (C=O) groups is 4. The van der Waals surface area contributed by atoms with Crippen molar-refractivity contribution in [1.82, 2.24) is 5.32 Å². The fraction of sp³-hybridized carbons (Fsp3) is 0.300. The van der Waals surface area contributed by atoms with E-state index in [1.165, 1.54) is 30.2 Å². The summed E-state index contributed by atoms with van der Waals surface area (Å²) >= 11 is 2.76. The van der Waals surface area contributed by atoms with Crippen molar-refractivity contribution >= 4 is 63.6 Å². The Bertz CT molecular complexity index is 1930. The predicted molar refractivity (Wildman–Crippen MR) is 205 cm³/mol. The second-order valence-corrected chi connectivity index (χ2v) is 15.3. The van der Waals surface area contributed by atoms with E-state index in [2.05, 4.69) is 36.7 Å². The number of benzene rings is 3. The summed E-state index contributed by atoms with van der Waals surface area (Å²) in [4.78, 5) is 54.7. The Morgan fingerprint density at radius 1 is 0.961 bits per heavy atom. The molecule has 266 valence electrons. The summed E-state index contributed by atoms with van der Waals surface area (Å²) in [7, 11) is 1.36. The van der Waals surface area contributed by atoms with Crippen molar-refractivity contribution in [3.63, 3.8) is 0 Å². The molecule has 1 aromatic heterocycles. The minimum Gasteiger partial charge on any atom is -0.493 e. The molecular formula is C40H43N3O6S2. The summed E-state index contributed by atoms with van der Waals surface area (Å²) < 4.78 is 10.8. The van der Waals surface area contributed by atoms with Crippen LogP contribution in [0, 0.1) is 11.3 Å². The molecule has 4 aromatic rings. The van der Waals surface area contributed by atoms with E-state index in [4.69, 9.17) is 9.47 Å². The molecule has 0 bridgehead atoms. The van der Waals surface area contributed by atoms with Crippen molar-refractivity contribution in [2.75, 3.05) is 30.1 Å². The predicted octanol–water partition coefficient (Wildman–Crippen LogP) is 8.22. The molecule has 0 saturated carbocycles. The number of methoxy groups -OCH3 is 1. The summed E-state index contributed by atoms with van der Waals surface area (Å²) in [5.41, 5.74) is 3.13. The van der Waals surface area contributed by atoms with E-state index >= 15 is 0 Å². The van der Waals surface area contributed by atoms with Crippen LogP contribution in [-0.4, -0.2) is 43.2 Å². The van der Waals surface area contributed by atoms with Crippen molar-refractivity contribution in [3.05, 3.63) is 112 Å². The molecule has 1 aliphatic carbocycles. The van der Waals surface area contributed by atoms with Gasteiger partial charge in [0.05, 0.1) is 25.0 Å². The van der Waals surface area contributed by atoms with Crippen molar-refractivity contribution in [2.45, 2.75) is 51.9 Å². The maximum Gasteiger partial charge on any atom is 0.341 e. The van der Waals surface area contributed by atoms with E-state index in [0.29, 0.717) is 45.7 Å². The molecule has 0 fully saturated rings. The lowest BCUT2D eigenvalue weighted by molar-refractivity contribution is -0.114. The van der Waals surface area contributed by atoms with E-state index in [1.807, 2.05) is 31.2 Å². The van der Waals surface area contributed by atoms with Crippen LogP contribution in [0.5, 0.6) is 5.75 Å². The normalized spacial score (nSPS) is 14.2. The molecule has 3 N–H and O–H groups in total. The number of hydrogen-bond donors (Lipinski definition) is 3. The van der Waals surface area contributed by atoms with E-state index in [-0.39, 0.29) is 22.8 Å². The molecule has 0 radical (unpaired) electrons. The maximum atomic E-state index is 13.7. The lowest BCUT2D eigenvalue weighted by atomic mass is 9.72. The molecule has 9 nitrogen and oxygen atoms in total. The third kappa shape index (κ3) is 9.68. The van der Waals surface area contributed by atoms with Gasteiger partial charge in [-0.25, -0.2) is 4.79 Å². The topological polar surface area (TPSA) is 123 Å². The first kappa shape index (κ1) is 37.4. The van der Waals surface area contributed by atoms with Crippen molar-refractivity contribution < 1.29 is 28.7 Å². The second kappa shape index (κ2) is 16.9. The van der Waals surface area contributed by atoms with Crippen LogP contribution in [-0.2, 0) is 27.2 Å². The van der Waals surface area contributed by atoms with Gasteiger partial charge in [0.2, 0.25) is 5.91 Å². The fourth-order valence-corrected chi connectivity index (χ4v) is 7.98. The number of rotatable bonds is 12. The molecule has 1 heterocycles. The van der Waals surface area contributed by atoms with E-state index < -0.39 is 17.8 Å². The van der Waals surface area contributed by atoms with Crippen LogP contribution < -0.4 is 20.7 Å². The number of amides is 3. The summed E-state index contributed by atoms with van der Waals surface area (Å²) in [6, 6.07) is 23.0. The van der Waals surface area contributed by atoms with Gasteiger partial charge in [0.25, 0.3) is 11.8 Å². The third-order valence-corrected chi connectivity index (χ3v) is 10.8. The van der Waals surface area contributed by atoms with Gasteiger partial charge in [-0.1, -0.05) is 63.2 Å². The Morgan fingerprint density at radius 2 is 1.71 bits per heavy atom. The monoisotopic (exact) mass is 725 g/mol. The number of nitrogens with one attached hydrogen (secondary N) is 3. The lowest BCUT2D eigenvalue weighted by Crippen LogP contribution is -2.30. The number of ether oxygens (including phenoxy) is 2. The molecule has 1 aliphatic rings. The van der Waals surface area contributed by atoms with Gasteiger partial charge in [0, 0.05) is 26.6 Å². The highest BCUT2D eigenvalue weighted by molar-refractivity contribution is 8.00. The summed E-state index contributed by atoms with van der Waals surface area (Å²) in [5, 5.41) is 9.13. The quantitative estimate of drug-likeness (QED) is 0.0764. The molecular weight excluding hydrogens is 683 g/mol. The fourth-order valence-electron chi connectivity index (χ4n) is 5.89. The first-order valence-electron chi connectivity index (χ1n) is 16.8. The number of thiophene rings is 1. The van der Waals surface area contributed by atoms with Gasteiger partial charge in [-0.3, -0.25) is 14.4 Å². The molecule has 11 heteroatoms. The summed E-state index contributed by atoms with van der Waals surface area (Å²) in [5.74, 6) is -0.522. The Hall–Kier alpha value is -4.87. The number of fused-ring (bicyclic) bond motifs is 1. The average Bonchev–Trinajstić information content (AvgIpc) is 3.48. The Morgan fingerprint density at radius 3 is 2.43 bits per heavy atom. The highest BCUT2D eigenvalue weighted by atomic mass is 32.2. The van der Waals surface area contributed by atoms with Crippen LogP contribution in [0.3, 0.4) is 0 Å². The molecule has 3 amide bonds. The molecule has 0 spiro atoms. The lowest BCUT2D eigenvalue weighted by Gasteiger charge is -2.33. The van der Waals surface area contributed by atoms with Crippen LogP contribution in [0.4, 0.5) is 10.7 Å². The average molecular weight is 726 g/mol. The summed E-state index contributed by atoms with van der Waals surface area (Å²) in [6.07, 6.45) is 4.19. The molecule has 51 heavy (non-hydrogen) atoms. The van der Waals surface area contributed by atoms with Crippen LogP contribution in [0.1, 0.15) is 70.8 Å². The van der Waals surface area contributed by atoms with E-state index in [9.17, 15) is 19.2 Å². The largest absolute Gasteiger partial charge is 0.493 e. The highest BCUT2D eigenvalue weighted by Crippen LogP contribution is 2.44.